The lowest BCUT2D eigenvalue weighted by Crippen LogP contribution is -2.39. The van der Waals surface area contributed by atoms with Gasteiger partial charge in [-0.25, -0.2) is 4.79 Å². The van der Waals surface area contributed by atoms with Gasteiger partial charge in [-0.3, -0.25) is 4.79 Å². The van der Waals surface area contributed by atoms with Crippen molar-refractivity contribution in [1.29, 1.82) is 0 Å². The first-order chi connectivity index (χ1) is 9.18. The highest BCUT2D eigenvalue weighted by molar-refractivity contribution is 5.78. The second-order valence-corrected chi connectivity index (χ2v) is 5.69. The van der Waals surface area contributed by atoms with Gasteiger partial charge in [0.1, 0.15) is 18.8 Å². The van der Waals surface area contributed by atoms with Gasteiger partial charge in [-0.15, -0.1) is 0 Å². The number of hydrogen-bond donors (Lipinski definition) is 3. The zero-order chi connectivity index (χ0) is 15.8. The van der Waals surface area contributed by atoms with Gasteiger partial charge in [-0.1, -0.05) is 6.92 Å². The van der Waals surface area contributed by atoms with Crippen molar-refractivity contribution in [1.82, 2.24) is 5.32 Å². The number of carbonyl (C=O) groups is 2. The zero-order valence-electron chi connectivity index (χ0n) is 12.6. The van der Waals surface area contributed by atoms with Crippen LogP contribution in [0.4, 0.5) is 4.79 Å². The lowest BCUT2D eigenvalue weighted by molar-refractivity contribution is -0.148. The second kappa shape index (κ2) is 8.06. The molecule has 0 saturated carbocycles. The Labute approximate surface area is 119 Å². The molecule has 0 aromatic heterocycles. The molecule has 0 atom stereocenters. The van der Waals surface area contributed by atoms with Crippen molar-refractivity contribution in [2.45, 2.75) is 39.7 Å². The van der Waals surface area contributed by atoms with Crippen molar-refractivity contribution in [3.63, 3.8) is 0 Å². The Morgan fingerprint density at radius 2 is 1.70 bits per heavy atom. The van der Waals surface area contributed by atoms with Crippen LogP contribution in [0.3, 0.4) is 0 Å². The van der Waals surface area contributed by atoms with Crippen molar-refractivity contribution < 1.29 is 29.3 Å². The molecule has 0 rings (SSSR count). The number of ether oxygens (including phenoxy) is 2. The number of alkyl carbamates (subject to hydrolysis) is 1. The third-order valence-electron chi connectivity index (χ3n) is 2.74. The summed E-state index contributed by atoms with van der Waals surface area (Å²) in [7, 11) is 0. The summed E-state index contributed by atoms with van der Waals surface area (Å²) in [4.78, 5) is 22.8. The molecular formula is C13H25NO6. The average molecular weight is 291 g/mol. The van der Waals surface area contributed by atoms with Crippen LogP contribution in [0.5, 0.6) is 0 Å². The van der Waals surface area contributed by atoms with Gasteiger partial charge in [-0.2, -0.15) is 0 Å². The van der Waals surface area contributed by atoms with E-state index in [0.717, 1.165) is 0 Å². The second-order valence-electron chi connectivity index (χ2n) is 5.69. The minimum atomic E-state index is -0.846. The van der Waals surface area contributed by atoms with Crippen molar-refractivity contribution in [2.75, 3.05) is 26.4 Å². The summed E-state index contributed by atoms with van der Waals surface area (Å²) in [5, 5.41) is 20.7. The Hall–Kier alpha value is -1.34. The summed E-state index contributed by atoms with van der Waals surface area (Å²) >= 11 is 0. The maximum absolute atomic E-state index is 11.5. The molecule has 7 heteroatoms. The van der Waals surface area contributed by atoms with E-state index in [1.807, 2.05) is 0 Å². The third-order valence-corrected chi connectivity index (χ3v) is 2.74. The van der Waals surface area contributed by atoms with Gasteiger partial charge >= 0.3 is 12.1 Å². The van der Waals surface area contributed by atoms with Crippen LogP contribution >= 0.6 is 0 Å². The summed E-state index contributed by atoms with van der Waals surface area (Å²) < 4.78 is 9.89. The molecule has 0 radical (unpaired) electrons. The van der Waals surface area contributed by atoms with Gasteiger partial charge < -0.3 is 25.0 Å². The molecule has 3 N–H and O–H groups in total. The molecule has 20 heavy (non-hydrogen) atoms. The molecule has 0 saturated heterocycles. The Bertz CT molecular complexity index is 311. The Kier molecular flexibility index (Phi) is 7.52. The van der Waals surface area contributed by atoms with Crippen LogP contribution in [0.25, 0.3) is 0 Å². The fraction of sp³-hybridized carbons (Fsp3) is 0.846. The van der Waals surface area contributed by atoms with Crippen molar-refractivity contribution in [2.24, 2.45) is 5.41 Å². The normalized spacial score (nSPS) is 11.9. The molecule has 0 aliphatic heterocycles. The quantitative estimate of drug-likeness (QED) is 0.588. The minimum Gasteiger partial charge on any atom is -0.464 e. The Balaban J connectivity index is 4.10. The van der Waals surface area contributed by atoms with Crippen molar-refractivity contribution >= 4 is 12.1 Å². The number of aliphatic hydroxyl groups is 2. The van der Waals surface area contributed by atoms with Crippen molar-refractivity contribution in [3.8, 4) is 0 Å². The van der Waals surface area contributed by atoms with Gasteiger partial charge in [0, 0.05) is 0 Å². The largest absolute Gasteiger partial charge is 0.464 e. The number of carbonyl (C=O) groups excluding carboxylic acids is 2. The lowest BCUT2D eigenvalue weighted by atomic mass is 9.88. The summed E-state index contributed by atoms with van der Waals surface area (Å²) in [5.74, 6) is -0.657. The number of hydrogen-bond acceptors (Lipinski definition) is 6. The first-order valence-corrected chi connectivity index (χ1v) is 6.52. The van der Waals surface area contributed by atoms with E-state index in [1.54, 1.807) is 27.7 Å². The van der Waals surface area contributed by atoms with E-state index in [1.165, 1.54) is 0 Å². The molecule has 0 aliphatic rings. The molecule has 0 spiro atoms. The van der Waals surface area contributed by atoms with E-state index in [-0.39, 0.29) is 26.4 Å². The molecule has 0 aliphatic carbocycles. The summed E-state index contributed by atoms with van der Waals surface area (Å²) in [5.41, 5.74) is -1.49. The maximum Gasteiger partial charge on any atom is 0.408 e. The van der Waals surface area contributed by atoms with E-state index < -0.39 is 23.1 Å². The molecule has 0 bridgehead atoms. The van der Waals surface area contributed by atoms with Crippen molar-refractivity contribution in [3.05, 3.63) is 0 Å². The fourth-order valence-corrected chi connectivity index (χ4v) is 1.21. The van der Waals surface area contributed by atoms with E-state index in [0.29, 0.717) is 6.42 Å². The molecule has 0 aromatic carbocycles. The molecule has 0 heterocycles. The van der Waals surface area contributed by atoms with Gasteiger partial charge in [0.25, 0.3) is 0 Å². The van der Waals surface area contributed by atoms with Crippen LogP contribution in [-0.4, -0.2) is 54.2 Å². The van der Waals surface area contributed by atoms with E-state index >= 15 is 0 Å². The van der Waals surface area contributed by atoms with Gasteiger partial charge in [-0.05, 0) is 27.2 Å². The van der Waals surface area contributed by atoms with E-state index in [9.17, 15) is 19.8 Å². The summed E-state index contributed by atoms with van der Waals surface area (Å²) in [6, 6.07) is 0. The summed E-state index contributed by atoms with van der Waals surface area (Å²) in [6.07, 6.45) is -0.243. The smallest absolute Gasteiger partial charge is 0.408 e. The van der Waals surface area contributed by atoms with Crippen LogP contribution in [0.2, 0.25) is 0 Å². The van der Waals surface area contributed by atoms with Crippen LogP contribution < -0.4 is 5.32 Å². The molecular weight excluding hydrogens is 266 g/mol. The highest BCUT2D eigenvalue weighted by Crippen LogP contribution is 2.20. The highest BCUT2D eigenvalue weighted by atomic mass is 16.6. The van der Waals surface area contributed by atoms with Crippen LogP contribution in [0, 0.1) is 5.41 Å². The molecule has 0 unspecified atom stereocenters. The predicted molar refractivity (Wildman–Crippen MR) is 72.1 cm³/mol. The third kappa shape index (κ3) is 7.30. The first-order valence-electron chi connectivity index (χ1n) is 6.52. The topological polar surface area (TPSA) is 105 Å². The SMILES string of the molecule is CCC(CO)(CO)COC(=O)CNC(=O)OC(C)(C)C. The van der Waals surface area contributed by atoms with Crippen LogP contribution in [0.1, 0.15) is 34.1 Å². The van der Waals surface area contributed by atoms with E-state index in [4.69, 9.17) is 9.47 Å². The van der Waals surface area contributed by atoms with Gasteiger partial charge in [0.05, 0.1) is 18.6 Å². The molecule has 118 valence electrons. The standard InChI is InChI=1S/C13H25NO6/c1-5-13(7-15,8-16)9-19-10(17)6-14-11(18)20-12(2,3)4/h15-16H,5-9H2,1-4H3,(H,14,18). The lowest BCUT2D eigenvalue weighted by Gasteiger charge is -2.27. The number of rotatable bonds is 7. The Morgan fingerprint density at radius 3 is 2.10 bits per heavy atom. The zero-order valence-corrected chi connectivity index (χ0v) is 12.6. The molecule has 1 amide bonds. The van der Waals surface area contributed by atoms with Crippen LogP contribution in [-0.2, 0) is 14.3 Å². The molecule has 0 aromatic rings. The number of amides is 1. The van der Waals surface area contributed by atoms with Gasteiger partial charge in [0.2, 0.25) is 0 Å². The maximum atomic E-state index is 11.5. The monoisotopic (exact) mass is 291 g/mol. The predicted octanol–water partition coefficient (Wildman–Crippen LogP) is 0.435. The molecule has 7 nitrogen and oxygen atoms in total. The summed E-state index contributed by atoms with van der Waals surface area (Å²) in [6.45, 7) is 5.91. The average Bonchev–Trinajstić information content (AvgIpc) is 2.37. The number of nitrogens with one attached hydrogen (secondary N) is 1. The first kappa shape index (κ1) is 18.7. The minimum absolute atomic E-state index is 0.106. The Morgan fingerprint density at radius 1 is 1.15 bits per heavy atom. The number of aliphatic hydroxyl groups excluding tert-OH is 2. The molecule has 0 fully saturated rings. The van der Waals surface area contributed by atoms with Crippen LogP contribution in [0.15, 0.2) is 0 Å². The van der Waals surface area contributed by atoms with Gasteiger partial charge in [0.15, 0.2) is 0 Å². The number of esters is 1. The van der Waals surface area contributed by atoms with E-state index in [2.05, 4.69) is 5.32 Å². The highest BCUT2D eigenvalue weighted by Gasteiger charge is 2.28. The fourth-order valence-electron chi connectivity index (χ4n) is 1.21.